The highest BCUT2D eigenvalue weighted by Crippen LogP contribution is 2.66. The molecule has 0 radical (unpaired) electrons. The molecule has 1 saturated heterocycles. The molecule has 1 aromatic rings. The van der Waals surface area contributed by atoms with Crippen molar-refractivity contribution in [3.8, 4) is 0 Å². The number of anilines is 1. The highest BCUT2D eigenvalue weighted by Gasteiger charge is 2.47. The van der Waals surface area contributed by atoms with Crippen LogP contribution in [0.2, 0.25) is 0 Å². The summed E-state index contributed by atoms with van der Waals surface area (Å²) in [5.74, 6) is 0.350. The molecule has 5 N–H and O–H groups in total. The minimum Gasteiger partial charge on any atom is -0.387 e. The Morgan fingerprint density at radius 2 is 1.78 bits per heavy atom. The SMILES string of the molecule is COC1C(O)[C@@H](COP(=O)(O)OP(=O)(O)OP(=O)(O)O)O[C@H]1n1ccc(N(C)C)nc1=O. The van der Waals surface area contributed by atoms with Crippen molar-refractivity contribution >= 4 is 29.3 Å². The summed E-state index contributed by atoms with van der Waals surface area (Å²) < 4.78 is 57.1. The predicted molar refractivity (Wildman–Crippen MR) is 103 cm³/mol. The van der Waals surface area contributed by atoms with Gasteiger partial charge in [-0.25, -0.2) is 18.5 Å². The van der Waals surface area contributed by atoms with Crippen LogP contribution in [-0.4, -0.2) is 80.4 Å². The second-order valence-corrected chi connectivity index (χ2v) is 10.9. The first-order valence-corrected chi connectivity index (χ1v) is 13.0. The van der Waals surface area contributed by atoms with Gasteiger partial charge in [0, 0.05) is 27.4 Å². The van der Waals surface area contributed by atoms with Gasteiger partial charge in [0.15, 0.2) is 6.23 Å². The van der Waals surface area contributed by atoms with Gasteiger partial charge >= 0.3 is 29.2 Å². The number of aromatic nitrogens is 2. The minimum absolute atomic E-state index is 0.350. The smallest absolute Gasteiger partial charge is 0.387 e. The largest absolute Gasteiger partial charge is 0.490 e. The van der Waals surface area contributed by atoms with Crippen LogP contribution in [0, 0.1) is 0 Å². The maximum atomic E-state index is 12.3. The van der Waals surface area contributed by atoms with Gasteiger partial charge in [0.2, 0.25) is 0 Å². The van der Waals surface area contributed by atoms with E-state index in [4.69, 9.17) is 24.2 Å². The van der Waals surface area contributed by atoms with E-state index in [1.165, 1.54) is 19.4 Å². The first kappa shape index (κ1) is 27.2. The van der Waals surface area contributed by atoms with Crippen molar-refractivity contribution in [3.63, 3.8) is 0 Å². The standard InChI is InChI=1S/C12H22N3O14P3/c1-14(2)8-4-5-15(12(17)13-8)11-10(25-3)9(16)7(27-11)6-26-31(21,22)29-32(23,24)28-30(18,19)20/h4-5,7,9-11,16H,6H2,1-3H3,(H,21,22)(H,23,24)(H2,18,19,20)/t7-,9?,10?,11-/m1/s1. The molecule has 184 valence electrons. The van der Waals surface area contributed by atoms with E-state index in [2.05, 4.69) is 18.1 Å². The number of rotatable bonds is 10. The zero-order valence-corrected chi connectivity index (χ0v) is 19.4. The van der Waals surface area contributed by atoms with Crippen LogP contribution in [0.15, 0.2) is 17.1 Å². The first-order valence-electron chi connectivity index (χ1n) is 8.46. The first-order chi connectivity index (χ1) is 14.6. The number of aliphatic hydroxyl groups excluding tert-OH is 1. The molecule has 0 aliphatic carbocycles. The van der Waals surface area contributed by atoms with Crippen molar-refractivity contribution in [1.82, 2.24) is 9.55 Å². The van der Waals surface area contributed by atoms with Gasteiger partial charge in [-0.3, -0.25) is 9.09 Å². The Hall–Kier alpha value is -1.03. The van der Waals surface area contributed by atoms with Gasteiger partial charge in [-0.05, 0) is 6.07 Å². The molecule has 17 nitrogen and oxygen atoms in total. The molecule has 0 spiro atoms. The van der Waals surface area contributed by atoms with Gasteiger partial charge in [-0.2, -0.15) is 13.6 Å². The number of nitrogens with zero attached hydrogens (tertiary/aromatic N) is 3. The lowest BCUT2D eigenvalue weighted by molar-refractivity contribution is -0.0619. The lowest BCUT2D eigenvalue weighted by Crippen LogP contribution is -2.37. The predicted octanol–water partition coefficient (Wildman–Crippen LogP) is -1.07. The van der Waals surface area contributed by atoms with Crippen LogP contribution in [0.4, 0.5) is 5.82 Å². The van der Waals surface area contributed by atoms with Crippen LogP contribution >= 0.6 is 23.5 Å². The number of aliphatic hydroxyl groups is 1. The van der Waals surface area contributed by atoms with E-state index < -0.39 is 60.3 Å². The Labute approximate surface area is 180 Å². The molecule has 20 heteroatoms. The van der Waals surface area contributed by atoms with Crippen LogP contribution < -0.4 is 10.6 Å². The van der Waals surface area contributed by atoms with Crippen LogP contribution in [0.5, 0.6) is 0 Å². The Balaban J connectivity index is 2.12. The molecule has 0 bridgehead atoms. The van der Waals surface area contributed by atoms with Gasteiger partial charge in [0.05, 0.1) is 6.61 Å². The van der Waals surface area contributed by atoms with E-state index in [9.17, 15) is 28.5 Å². The summed E-state index contributed by atoms with van der Waals surface area (Å²) in [4.78, 5) is 53.5. The molecule has 4 unspecified atom stereocenters. The lowest BCUT2D eigenvalue weighted by atomic mass is 10.1. The molecule has 0 saturated carbocycles. The Bertz CT molecular complexity index is 1010. The topological polar surface area (TPSA) is 237 Å². The molecular weight excluding hydrogens is 503 g/mol. The van der Waals surface area contributed by atoms with E-state index in [0.717, 1.165) is 4.57 Å². The molecule has 1 aromatic heterocycles. The summed E-state index contributed by atoms with van der Waals surface area (Å²) in [5, 5.41) is 10.4. The fourth-order valence-electron chi connectivity index (χ4n) is 2.65. The molecule has 2 heterocycles. The van der Waals surface area contributed by atoms with Gasteiger partial charge in [0.1, 0.15) is 24.1 Å². The third-order valence-corrected chi connectivity index (χ3v) is 7.75. The Kier molecular flexibility index (Phi) is 8.57. The maximum Gasteiger partial charge on any atom is 0.490 e. The van der Waals surface area contributed by atoms with Crippen molar-refractivity contribution in [2.75, 3.05) is 32.7 Å². The van der Waals surface area contributed by atoms with Gasteiger partial charge in [0.25, 0.3) is 0 Å². The molecule has 0 amide bonds. The van der Waals surface area contributed by atoms with Crippen molar-refractivity contribution in [2.24, 2.45) is 0 Å². The zero-order valence-electron chi connectivity index (χ0n) is 16.8. The minimum atomic E-state index is -5.70. The second kappa shape index (κ2) is 10.1. The number of phosphoric acid groups is 3. The van der Waals surface area contributed by atoms with Gasteiger partial charge in [-0.15, -0.1) is 0 Å². The van der Waals surface area contributed by atoms with Crippen molar-refractivity contribution in [2.45, 2.75) is 24.5 Å². The van der Waals surface area contributed by atoms with Gasteiger partial charge in [-0.1, -0.05) is 0 Å². The van der Waals surface area contributed by atoms with E-state index in [1.54, 1.807) is 19.0 Å². The monoisotopic (exact) mass is 525 g/mol. The fourth-order valence-corrected chi connectivity index (χ4v) is 5.68. The average Bonchev–Trinajstić information content (AvgIpc) is 2.92. The van der Waals surface area contributed by atoms with E-state index in [0.29, 0.717) is 5.82 Å². The molecule has 1 aliphatic rings. The Morgan fingerprint density at radius 3 is 2.28 bits per heavy atom. The zero-order chi connectivity index (χ0) is 24.5. The van der Waals surface area contributed by atoms with E-state index in [-0.39, 0.29) is 0 Å². The summed E-state index contributed by atoms with van der Waals surface area (Å²) >= 11 is 0. The summed E-state index contributed by atoms with van der Waals surface area (Å²) in [5.41, 5.74) is -0.746. The fraction of sp³-hybridized carbons (Fsp3) is 0.667. The summed E-state index contributed by atoms with van der Waals surface area (Å²) in [7, 11) is -12.1. The second-order valence-electron chi connectivity index (χ2n) is 6.51. The summed E-state index contributed by atoms with van der Waals surface area (Å²) in [6, 6.07) is 1.49. The van der Waals surface area contributed by atoms with Crippen molar-refractivity contribution in [3.05, 3.63) is 22.7 Å². The maximum absolute atomic E-state index is 12.3. The van der Waals surface area contributed by atoms with Gasteiger partial charge < -0.3 is 39.1 Å². The van der Waals surface area contributed by atoms with E-state index >= 15 is 0 Å². The molecule has 6 atom stereocenters. The highest BCUT2D eigenvalue weighted by molar-refractivity contribution is 7.66. The third kappa shape index (κ3) is 7.23. The molecule has 2 rings (SSSR count). The Morgan fingerprint density at radius 1 is 1.16 bits per heavy atom. The average molecular weight is 525 g/mol. The van der Waals surface area contributed by atoms with Crippen LogP contribution in [0.3, 0.4) is 0 Å². The van der Waals surface area contributed by atoms with Crippen LogP contribution in [0.25, 0.3) is 0 Å². The van der Waals surface area contributed by atoms with E-state index in [1.807, 2.05) is 0 Å². The number of hydrogen-bond acceptors (Lipinski definition) is 12. The molecule has 32 heavy (non-hydrogen) atoms. The highest BCUT2D eigenvalue weighted by atomic mass is 31.3. The molecule has 0 aromatic carbocycles. The van der Waals surface area contributed by atoms with Crippen LogP contribution in [0.1, 0.15) is 6.23 Å². The molecule has 1 aliphatic heterocycles. The third-order valence-electron chi connectivity index (χ3n) is 3.95. The number of phosphoric ester groups is 1. The normalized spacial score (nSPS) is 27.6. The number of methoxy groups -OCH3 is 1. The van der Waals surface area contributed by atoms with Crippen LogP contribution in [-0.2, 0) is 36.3 Å². The lowest BCUT2D eigenvalue weighted by Gasteiger charge is -2.21. The number of ether oxygens (including phenoxy) is 2. The van der Waals surface area contributed by atoms with Crippen molar-refractivity contribution < 1.29 is 61.0 Å². The quantitative estimate of drug-likeness (QED) is 0.229. The summed E-state index contributed by atoms with van der Waals surface area (Å²) in [6.45, 7) is -0.917. The van der Waals surface area contributed by atoms with Crippen molar-refractivity contribution in [1.29, 1.82) is 0 Å². The molecule has 1 fully saturated rings. The summed E-state index contributed by atoms with van der Waals surface area (Å²) in [6.07, 6.45) is -3.93. The number of hydrogen-bond donors (Lipinski definition) is 5. The molecular formula is C12H22N3O14P3.